The highest BCUT2D eigenvalue weighted by atomic mass is 16.5. The Morgan fingerprint density at radius 1 is 1.50 bits per heavy atom. The number of rotatable bonds is 7. The monoisotopic (exact) mass is 224 g/mol. The van der Waals surface area contributed by atoms with E-state index in [1.165, 1.54) is 0 Å². The number of ether oxygens (including phenoxy) is 1. The molecule has 0 fully saturated rings. The fourth-order valence-electron chi connectivity index (χ4n) is 1.48. The van der Waals surface area contributed by atoms with E-state index in [-0.39, 0.29) is 0 Å². The molecule has 0 bridgehead atoms. The third kappa shape index (κ3) is 4.57. The molecule has 1 aromatic rings. The van der Waals surface area contributed by atoms with Crippen LogP contribution in [0.25, 0.3) is 0 Å². The van der Waals surface area contributed by atoms with Gasteiger partial charge in [-0.3, -0.25) is 0 Å². The standard InChI is InChI=1S/C11H20N4O/c1-15(7-4-8-16-2)9-10-5-3-6-11(13-10)14-12/h3,5-6H,4,7-9,12H2,1-2H3,(H,13,14). The molecule has 0 saturated carbocycles. The molecule has 90 valence electrons. The van der Waals surface area contributed by atoms with Crippen LogP contribution in [0.2, 0.25) is 0 Å². The summed E-state index contributed by atoms with van der Waals surface area (Å²) in [6.07, 6.45) is 1.03. The fourth-order valence-corrected chi connectivity index (χ4v) is 1.48. The number of nitrogen functional groups attached to an aromatic ring is 1. The molecule has 0 unspecified atom stereocenters. The van der Waals surface area contributed by atoms with E-state index in [0.29, 0.717) is 5.82 Å². The van der Waals surface area contributed by atoms with Crippen molar-refractivity contribution in [2.24, 2.45) is 5.84 Å². The van der Waals surface area contributed by atoms with Crippen LogP contribution in [0.5, 0.6) is 0 Å². The topological polar surface area (TPSA) is 63.4 Å². The van der Waals surface area contributed by atoms with Crippen molar-refractivity contribution in [2.45, 2.75) is 13.0 Å². The van der Waals surface area contributed by atoms with Gasteiger partial charge in [-0.25, -0.2) is 10.8 Å². The van der Waals surface area contributed by atoms with Gasteiger partial charge in [0.15, 0.2) is 0 Å². The lowest BCUT2D eigenvalue weighted by Gasteiger charge is -2.16. The van der Waals surface area contributed by atoms with Crippen molar-refractivity contribution >= 4 is 5.82 Å². The number of anilines is 1. The van der Waals surface area contributed by atoms with E-state index in [1.54, 1.807) is 7.11 Å². The fraction of sp³-hybridized carbons (Fsp3) is 0.545. The van der Waals surface area contributed by atoms with Crippen LogP contribution in [0.4, 0.5) is 5.82 Å². The van der Waals surface area contributed by atoms with Crippen LogP contribution < -0.4 is 11.3 Å². The average Bonchev–Trinajstić information content (AvgIpc) is 2.29. The predicted molar refractivity (Wildman–Crippen MR) is 64.9 cm³/mol. The minimum absolute atomic E-state index is 0.697. The highest BCUT2D eigenvalue weighted by molar-refractivity contribution is 5.33. The zero-order chi connectivity index (χ0) is 11.8. The van der Waals surface area contributed by atoms with E-state index in [1.807, 2.05) is 18.2 Å². The Kier molecular flexibility index (Phi) is 5.77. The second kappa shape index (κ2) is 7.16. The van der Waals surface area contributed by atoms with Gasteiger partial charge in [-0.15, -0.1) is 0 Å². The van der Waals surface area contributed by atoms with E-state index in [4.69, 9.17) is 10.6 Å². The summed E-state index contributed by atoms with van der Waals surface area (Å²) in [6.45, 7) is 2.61. The van der Waals surface area contributed by atoms with Gasteiger partial charge in [-0.2, -0.15) is 0 Å². The maximum Gasteiger partial charge on any atom is 0.140 e. The SMILES string of the molecule is COCCCN(C)Cc1cccc(NN)n1. The molecular weight excluding hydrogens is 204 g/mol. The molecule has 3 N–H and O–H groups in total. The third-order valence-electron chi connectivity index (χ3n) is 2.27. The summed E-state index contributed by atoms with van der Waals surface area (Å²) >= 11 is 0. The molecule has 1 aromatic heterocycles. The number of pyridine rings is 1. The average molecular weight is 224 g/mol. The van der Waals surface area contributed by atoms with Crippen LogP contribution >= 0.6 is 0 Å². The molecule has 0 spiro atoms. The molecule has 0 radical (unpaired) electrons. The molecular formula is C11H20N4O. The maximum absolute atomic E-state index is 5.31. The third-order valence-corrected chi connectivity index (χ3v) is 2.27. The Morgan fingerprint density at radius 3 is 3.00 bits per heavy atom. The van der Waals surface area contributed by atoms with Crippen LogP contribution in [-0.4, -0.2) is 37.2 Å². The van der Waals surface area contributed by atoms with Crippen molar-refractivity contribution in [3.8, 4) is 0 Å². The normalized spacial score (nSPS) is 10.8. The number of hydrogen-bond donors (Lipinski definition) is 2. The first-order valence-corrected chi connectivity index (χ1v) is 5.36. The minimum Gasteiger partial charge on any atom is -0.385 e. The lowest BCUT2D eigenvalue weighted by molar-refractivity contribution is 0.178. The Hall–Kier alpha value is -1.17. The lowest BCUT2D eigenvalue weighted by atomic mass is 10.3. The first-order chi connectivity index (χ1) is 7.76. The highest BCUT2D eigenvalue weighted by Gasteiger charge is 2.01. The highest BCUT2D eigenvalue weighted by Crippen LogP contribution is 2.05. The number of hydrogen-bond acceptors (Lipinski definition) is 5. The summed E-state index contributed by atoms with van der Waals surface area (Å²) in [5.74, 6) is 6.00. The first-order valence-electron chi connectivity index (χ1n) is 5.36. The molecule has 0 atom stereocenters. The molecule has 5 nitrogen and oxygen atoms in total. The molecule has 0 aliphatic heterocycles. The minimum atomic E-state index is 0.697. The molecule has 0 saturated heterocycles. The van der Waals surface area contributed by atoms with Gasteiger partial charge in [0.2, 0.25) is 0 Å². The molecule has 0 aliphatic carbocycles. The maximum atomic E-state index is 5.31. The largest absolute Gasteiger partial charge is 0.385 e. The smallest absolute Gasteiger partial charge is 0.140 e. The Morgan fingerprint density at radius 2 is 2.31 bits per heavy atom. The first kappa shape index (κ1) is 12.9. The number of nitrogens with two attached hydrogens (primary N) is 1. The number of aromatic nitrogens is 1. The predicted octanol–water partition coefficient (Wildman–Crippen LogP) is 0.836. The summed E-state index contributed by atoms with van der Waals surface area (Å²) < 4.78 is 5.01. The van der Waals surface area contributed by atoms with Gasteiger partial charge in [0.25, 0.3) is 0 Å². The number of nitrogens with one attached hydrogen (secondary N) is 1. The molecule has 0 aromatic carbocycles. The van der Waals surface area contributed by atoms with E-state index >= 15 is 0 Å². The van der Waals surface area contributed by atoms with Crippen LogP contribution in [0.15, 0.2) is 18.2 Å². The quantitative estimate of drug-likeness (QED) is 0.408. The number of nitrogens with zero attached hydrogens (tertiary/aromatic N) is 2. The van der Waals surface area contributed by atoms with Gasteiger partial charge in [0.1, 0.15) is 5.82 Å². The van der Waals surface area contributed by atoms with Crippen molar-refractivity contribution in [3.63, 3.8) is 0 Å². The van der Waals surface area contributed by atoms with Crippen molar-refractivity contribution < 1.29 is 4.74 Å². The van der Waals surface area contributed by atoms with Crippen LogP contribution in [0, 0.1) is 0 Å². The Balaban J connectivity index is 2.39. The molecule has 0 amide bonds. The summed E-state index contributed by atoms with van der Waals surface area (Å²) in [5, 5.41) is 0. The zero-order valence-corrected chi connectivity index (χ0v) is 9.94. The van der Waals surface area contributed by atoms with E-state index in [2.05, 4.69) is 22.4 Å². The van der Waals surface area contributed by atoms with Crippen LogP contribution in [0.3, 0.4) is 0 Å². The van der Waals surface area contributed by atoms with Gasteiger partial charge in [-0.05, 0) is 25.6 Å². The zero-order valence-electron chi connectivity index (χ0n) is 9.94. The second-order valence-electron chi connectivity index (χ2n) is 3.74. The Bertz CT molecular complexity index is 306. The van der Waals surface area contributed by atoms with Crippen molar-refractivity contribution in [2.75, 3.05) is 32.7 Å². The van der Waals surface area contributed by atoms with Gasteiger partial charge < -0.3 is 15.1 Å². The van der Waals surface area contributed by atoms with Crippen LogP contribution in [-0.2, 0) is 11.3 Å². The molecule has 5 heteroatoms. The molecule has 1 rings (SSSR count). The molecule has 0 aliphatic rings. The Labute approximate surface area is 96.6 Å². The van der Waals surface area contributed by atoms with E-state index in [0.717, 1.165) is 31.8 Å². The summed E-state index contributed by atoms with van der Waals surface area (Å²) in [6, 6.07) is 5.78. The number of methoxy groups -OCH3 is 1. The second-order valence-corrected chi connectivity index (χ2v) is 3.74. The van der Waals surface area contributed by atoms with Gasteiger partial charge >= 0.3 is 0 Å². The van der Waals surface area contributed by atoms with Gasteiger partial charge in [0, 0.05) is 26.8 Å². The summed E-state index contributed by atoms with van der Waals surface area (Å²) in [7, 11) is 3.79. The molecule has 1 heterocycles. The van der Waals surface area contributed by atoms with E-state index < -0.39 is 0 Å². The van der Waals surface area contributed by atoms with Crippen molar-refractivity contribution in [3.05, 3.63) is 23.9 Å². The summed E-state index contributed by atoms with van der Waals surface area (Å²) in [4.78, 5) is 6.56. The summed E-state index contributed by atoms with van der Waals surface area (Å²) in [5.41, 5.74) is 3.55. The lowest BCUT2D eigenvalue weighted by Crippen LogP contribution is -2.21. The van der Waals surface area contributed by atoms with E-state index in [9.17, 15) is 0 Å². The van der Waals surface area contributed by atoms with Gasteiger partial charge in [-0.1, -0.05) is 6.07 Å². The van der Waals surface area contributed by atoms with Gasteiger partial charge in [0.05, 0.1) is 5.69 Å². The number of hydrazine groups is 1. The molecule has 16 heavy (non-hydrogen) atoms. The van der Waals surface area contributed by atoms with Crippen molar-refractivity contribution in [1.29, 1.82) is 0 Å². The van der Waals surface area contributed by atoms with Crippen molar-refractivity contribution in [1.82, 2.24) is 9.88 Å². The van der Waals surface area contributed by atoms with Crippen LogP contribution in [0.1, 0.15) is 12.1 Å².